The van der Waals surface area contributed by atoms with Crippen molar-refractivity contribution in [1.29, 1.82) is 0 Å². The summed E-state index contributed by atoms with van der Waals surface area (Å²) < 4.78 is 23.2. The van der Waals surface area contributed by atoms with E-state index in [0.29, 0.717) is 4.90 Å². The molecule has 1 rings (SSSR count). The third-order valence-electron chi connectivity index (χ3n) is 2.47. The molecular formula is C13H19NO2S. The summed E-state index contributed by atoms with van der Waals surface area (Å²) in [6, 6.07) is 6.91. The number of sulfone groups is 1. The first-order chi connectivity index (χ1) is 8.10. The summed E-state index contributed by atoms with van der Waals surface area (Å²) in [6.07, 6.45) is 5.06. The molecule has 0 fully saturated rings. The zero-order valence-electron chi connectivity index (χ0n) is 10.3. The first kappa shape index (κ1) is 13.8. The molecule has 1 aromatic carbocycles. The molecule has 0 aromatic heterocycles. The molecule has 4 heteroatoms. The quantitative estimate of drug-likeness (QED) is 0.626. The standard InChI is InChI=1S/C13H19NO2S/c1-3-5-6-11-14-12-7-9-13(10-8-12)17(15,16)4-2/h3,5,7-10,14H,4,6,11H2,1-2H3/b5-3+. The topological polar surface area (TPSA) is 46.2 Å². The molecule has 0 atom stereocenters. The molecule has 0 aliphatic rings. The van der Waals surface area contributed by atoms with E-state index in [1.54, 1.807) is 31.2 Å². The summed E-state index contributed by atoms with van der Waals surface area (Å²) in [6.45, 7) is 4.49. The van der Waals surface area contributed by atoms with Crippen LogP contribution in [0.3, 0.4) is 0 Å². The van der Waals surface area contributed by atoms with E-state index in [9.17, 15) is 8.42 Å². The lowest BCUT2D eigenvalue weighted by Gasteiger charge is -2.06. The lowest BCUT2D eigenvalue weighted by molar-refractivity contribution is 0.597. The summed E-state index contributed by atoms with van der Waals surface area (Å²) in [4.78, 5) is 0.388. The lowest BCUT2D eigenvalue weighted by Crippen LogP contribution is -2.04. The number of hydrogen-bond donors (Lipinski definition) is 1. The fourth-order valence-electron chi connectivity index (χ4n) is 1.41. The van der Waals surface area contributed by atoms with Crippen molar-refractivity contribution in [2.24, 2.45) is 0 Å². The molecule has 1 aromatic rings. The molecule has 0 bridgehead atoms. The van der Waals surface area contributed by atoms with Crippen molar-refractivity contribution in [3.05, 3.63) is 36.4 Å². The summed E-state index contributed by atoms with van der Waals surface area (Å²) >= 11 is 0. The van der Waals surface area contributed by atoms with Gasteiger partial charge < -0.3 is 5.32 Å². The molecule has 0 aliphatic carbocycles. The second kappa shape index (κ2) is 6.45. The minimum absolute atomic E-state index is 0.140. The molecule has 94 valence electrons. The third kappa shape index (κ3) is 4.23. The first-order valence-corrected chi connectivity index (χ1v) is 7.43. The van der Waals surface area contributed by atoms with Crippen molar-refractivity contribution in [2.75, 3.05) is 17.6 Å². The van der Waals surface area contributed by atoms with Crippen LogP contribution in [0.2, 0.25) is 0 Å². The second-order valence-corrected chi connectivity index (χ2v) is 5.99. The largest absolute Gasteiger partial charge is 0.385 e. The van der Waals surface area contributed by atoms with Crippen LogP contribution in [0.25, 0.3) is 0 Å². The van der Waals surface area contributed by atoms with Crippen LogP contribution in [0.15, 0.2) is 41.3 Å². The monoisotopic (exact) mass is 253 g/mol. The van der Waals surface area contributed by atoms with Gasteiger partial charge in [0.2, 0.25) is 0 Å². The Hall–Kier alpha value is -1.29. The van der Waals surface area contributed by atoms with Gasteiger partial charge in [-0.15, -0.1) is 0 Å². The minimum atomic E-state index is -3.08. The predicted octanol–water partition coefficient (Wildman–Crippen LogP) is 2.86. The fourth-order valence-corrected chi connectivity index (χ4v) is 2.30. The van der Waals surface area contributed by atoms with Crippen LogP contribution < -0.4 is 5.32 Å². The van der Waals surface area contributed by atoms with Crippen molar-refractivity contribution in [2.45, 2.75) is 25.2 Å². The first-order valence-electron chi connectivity index (χ1n) is 5.78. The van der Waals surface area contributed by atoms with E-state index in [1.165, 1.54) is 0 Å². The summed E-state index contributed by atoms with van der Waals surface area (Å²) in [5.41, 5.74) is 0.949. The Balaban J connectivity index is 2.62. The van der Waals surface area contributed by atoms with Crippen LogP contribution in [-0.4, -0.2) is 20.7 Å². The van der Waals surface area contributed by atoms with Gasteiger partial charge >= 0.3 is 0 Å². The van der Waals surface area contributed by atoms with E-state index < -0.39 is 9.84 Å². The van der Waals surface area contributed by atoms with Crippen LogP contribution in [0, 0.1) is 0 Å². The van der Waals surface area contributed by atoms with Gasteiger partial charge in [0.15, 0.2) is 9.84 Å². The van der Waals surface area contributed by atoms with Crippen molar-refractivity contribution in [3.63, 3.8) is 0 Å². The number of allylic oxidation sites excluding steroid dienone is 1. The van der Waals surface area contributed by atoms with E-state index in [4.69, 9.17) is 0 Å². The van der Waals surface area contributed by atoms with Crippen LogP contribution >= 0.6 is 0 Å². The van der Waals surface area contributed by atoms with Crippen molar-refractivity contribution < 1.29 is 8.42 Å². The molecule has 1 N–H and O–H groups in total. The van der Waals surface area contributed by atoms with E-state index in [-0.39, 0.29) is 5.75 Å². The van der Waals surface area contributed by atoms with Crippen molar-refractivity contribution >= 4 is 15.5 Å². The summed E-state index contributed by atoms with van der Waals surface area (Å²) in [7, 11) is -3.08. The molecule has 0 spiro atoms. The average Bonchev–Trinajstić information content (AvgIpc) is 2.35. The Labute approximate surface area is 103 Å². The van der Waals surface area contributed by atoms with Gasteiger partial charge in [0.25, 0.3) is 0 Å². The highest BCUT2D eigenvalue weighted by atomic mass is 32.2. The van der Waals surface area contributed by atoms with Crippen LogP contribution in [0.5, 0.6) is 0 Å². The van der Waals surface area contributed by atoms with E-state index in [0.717, 1.165) is 18.7 Å². The molecule has 0 saturated heterocycles. The Morgan fingerprint density at radius 3 is 2.41 bits per heavy atom. The lowest BCUT2D eigenvalue weighted by atomic mass is 10.3. The molecular weight excluding hydrogens is 234 g/mol. The van der Waals surface area contributed by atoms with E-state index >= 15 is 0 Å². The minimum Gasteiger partial charge on any atom is -0.385 e. The zero-order chi connectivity index (χ0) is 12.7. The maximum atomic E-state index is 11.6. The van der Waals surface area contributed by atoms with Gasteiger partial charge in [-0.1, -0.05) is 19.1 Å². The van der Waals surface area contributed by atoms with Crippen LogP contribution in [0.1, 0.15) is 20.3 Å². The van der Waals surface area contributed by atoms with Crippen molar-refractivity contribution in [3.8, 4) is 0 Å². The van der Waals surface area contributed by atoms with Crippen molar-refractivity contribution in [1.82, 2.24) is 0 Å². The van der Waals surface area contributed by atoms with Gasteiger partial charge in [0, 0.05) is 12.2 Å². The second-order valence-electron chi connectivity index (χ2n) is 3.71. The normalized spacial score (nSPS) is 11.9. The molecule has 0 aliphatic heterocycles. The molecule has 0 saturated carbocycles. The highest BCUT2D eigenvalue weighted by molar-refractivity contribution is 7.91. The Morgan fingerprint density at radius 2 is 1.88 bits per heavy atom. The van der Waals surface area contributed by atoms with E-state index in [1.807, 2.05) is 13.0 Å². The van der Waals surface area contributed by atoms with Gasteiger partial charge in [0.05, 0.1) is 10.6 Å². The maximum Gasteiger partial charge on any atom is 0.178 e. The Morgan fingerprint density at radius 1 is 1.24 bits per heavy atom. The molecule has 0 heterocycles. The summed E-state index contributed by atoms with van der Waals surface area (Å²) in [5, 5.41) is 3.23. The Kier molecular flexibility index (Phi) is 5.22. The van der Waals surface area contributed by atoms with Crippen LogP contribution in [0.4, 0.5) is 5.69 Å². The zero-order valence-corrected chi connectivity index (χ0v) is 11.1. The maximum absolute atomic E-state index is 11.6. The summed E-state index contributed by atoms with van der Waals surface area (Å²) in [5.74, 6) is 0.140. The number of benzene rings is 1. The van der Waals surface area contributed by atoms with Gasteiger partial charge in [-0.2, -0.15) is 0 Å². The molecule has 0 amide bonds. The number of rotatable bonds is 6. The molecule has 3 nitrogen and oxygen atoms in total. The predicted molar refractivity (Wildman–Crippen MR) is 72.1 cm³/mol. The number of anilines is 1. The Bertz CT molecular complexity index is 461. The average molecular weight is 253 g/mol. The van der Waals surface area contributed by atoms with Gasteiger partial charge in [0.1, 0.15) is 0 Å². The highest BCUT2D eigenvalue weighted by Crippen LogP contribution is 2.15. The third-order valence-corrected chi connectivity index (χ3v) is 4.22. The SMILES string of the molecule is C/C=C/CCNc1ccc(S(=O)(=O)CC)cc1. The van der Waals surface area contributed by atoms with Gasteiger partial charge in [-0.25, -0.2) is 8.42 Å². The highest BCUT2D eigenvalue weighted by Gasteiger charge is 2.10. The van der Waals surface area contributed by atoms with Crippen LogP contribution in [-0.2, 0) is 9.84 Å². The molecule has 0 unspecified atom stereocenters. The van der Waals surface area contributed by atoms with Gasteiger partial charge in [-0.3, -0.25) is 0 Å². The molecule has 17 heavy (non-hydrogen) atoms. The van der Waals surface area contributed by atoms with E-state index in [2.05, 4.69) is 11.4 Å². The number of nitrogens with one attached hydrogen (secondary N) is 1. The number of hydrogen-bond acceptors (Lipinski definition) is 3. The smallest absolute Gasteiger partial charge is 0.178 e. The van der Waals surface area contributed by atoms with Gasteiger partial charge in [-0.05, 0) is 37.6 Å². The fraction of sp³-hybridized carbons (Fsp3) is 0.385. The molecule has 0 radical (unpaired) electrons.